The number of aromatic nitrogens is 4. The van der Waals surface area contributed by atoms with Crippen molar-refractivity contribution in [2.24, 2.45) is 14.1 Å². The standard InChI is InChI=1S/C24H29N4/c1-14-9-10-15(2)20(11-14)22-16(3)12-17(4)23(27(22)8)21-13-28-19(6)18(5)25-24(28)26(21)7/h9-13H,1-8H3/q+1. The first kappa shape index (κ1) is 18.5. The summed E-state index contributed by atoms with van der Waals surface area (Å²) in [6.45, 7) is 12.9. The van der Waals surface area contributed by atoms with Gasteiger partial charge in [-0.1, -0.05) is 17.7 Å². The Bertz CT molecular complexity index is 1240. The molecule has 0 N–H and O–H groups in total. The predicted octanol–water partition coefficient (Wildman–Crippen LogP) is 4.68. The summed E-state index contributed by atoms with van der Waals surface area (Å²) in [6.07, 6.45) is 2.22. The normalized spacial score (nSPS) is 11.6. The fourth-order valence-electron chi connectivity index (χ4n) is 4.40. The lowest BCUT2D eigenvalue weighted by Gasteiger charge is -2.13. The lowest BCUT2D eigenvalue weighted by Crippen LogP contribution is -2.36. The third kappa shape index (κ3) is 2.59. The summed E-state index contributed by atoms with van der Waals surface area (Å²) in [5.74, 6) is 0.985. The smallest absolute Gasteiger partial charge is 0.233 e. The van der Waals surface area contributed by atoms with Crippen LogP contribution in [0.4, 0.5) is 0 Å². The molecule has 0 aliphatic heterocycles. The van der Waals surface area contributed by atoms with Crippen LogP contribution in [0.1, 0.15) is 33.6 Å². The molecular weight excluding hydrogens is 344 g/mol. The number of benzene rings is 1. The van der Waals surface area contributed by atoms with Crippen molar-refractivity contribution in [1.29, 1.82) is 0 Å². The van der Waals surface area contributed by atoms with Crippen molar-refractivity contribution in [3.05, 3.63) is 64.1 Å². The highest BCUT2D eigenvalue weighted by Gasteiger charge is 2.26. The number of pyridine rings is 1. The van der Waals surface area contributed by atoms with Gasteiger partial charge < -0.3 is 4.57 Å². The average molecular weight is 374 g/mol. The first-order chi connectivity index (χ1) is 13.2. The van der Waals surface area contributed by atoms with Gasteiger partial charge in [-0.3, -0.25) is 4.40 Å². The monoisotopic (exact) mass is 373 g/mol. The Kier molecular flexibility index (Phi) is 4.18. The minimum atomic E-state index is 0.985. The molecule has 3 aromatic heterocycles. The molecule has 0 saturated heterocycles. The van der Waals surface area contributed by atoms with Gasteiger partial charge in [0, 0.05) is 35.6 Å². The van der Waals surface area contributed by atoms with Gasteiger partial charge in [-0.25, -0.2) is 4.98 Å². The molecule has 28 heavy (non-hydrogen) atoms. The number of imidazole rings is 2. The molecule has 0 spiro atoms. The number of rotatable bonds is 2. The van der Waals surface area contributed by atoms with Crippen LogP contribution in [0.3, 0.4) is 0 Å². The molecule has 1 aromatic carbocycles. The van der Waals surface area contributed by atoms with Gasteiger partial charge in [-0.2, -0.15) is 4.57 Å². The van der Waals surface area contributed by atoms with Gasteiger partial charge >= 0.3 is 0 Å². The predicted molar refractivity (Wildman–Crippen MR) is 115 cm³/mol. The summed E-state index contributed by atoms with van der Waals surface area (Å²) in [5.41, 5.74) is 12.4. The van der Waals surface area contributed by atoms with Crippen LogP contribution in [0.25, 0.3) is 28.4 Å². The van der Waals surface area contributed by atoms with Gasteiger partial charge in [0.15, 0.2) is 0 Å². The van der Waals surface area contributed by atoms with Crippen LogP contribution in [0, 0.1) is 41.5 Å². The molecule has 0 bridgehead atoms. The Morgan fingerprint density at radius 2 is 1.54 bits per heavy atom. The van der Waals surface area contributed by atoms with Gasteiger partial charge in [0.1, 0.15) is 12.7 Å². The summed E-state index contributed by atoms with van der Waals surface area (Å²) in [4.78, 5) is 4.76. The zero-order valence-electron chi connectivity index (χ0n) is 18.2. The molecule has 0 atom stereocenters. The van der Waals surface area contributed by atoms with E-state index in [9.17, 15) is 0 Å². The topological polar surface area (TPSA) is 26.1 Å². The van der Waals surface area contributed by atoms with Crippen molar-refractivity contribution in [2.75, 3.05) is 0 Å². The summed E-state index contributed by atoms with van der Waals surface area (Å²) in [7, 11) is 4.29. The summed E-state index contributed by atoms with van der Waals surface area (Å²) < 4.78 is 6.75. The van der Waals surface area contributed by atoms with E-state index in [0.29, 0.717) is 0 Å². The fraction of sp³-hybridized carbons (Fsp3) is 0.333. The van der Waals surface area contributed by atoms with E-state index in [1.807, 2.05) is 0 Å². The molecule has 0 fully saturated rings. The molecular formula is C24H29N4+. The third-order valence-corrected chi connectivity index (χ3v) is 6.02. The number of aryl methyl sites for hydroxylation is 7. The van der Waals surface area contributed by atoms with Crippen LogP contribution in [0.15, 0.2) is 30.5 Å². The maximum Gasteiger partial charge on any atom is 0.233 e. The molecule has 4 nitrogen and oxygen atoms in total. The molecule has 0 saturated carbocycles. The van der Waals surface area contributed by atoms with Crippen LogP contribution < -0.4 is 4.57 Å². The van der Waals surface area contributed by atoms with Crippen molar-refractivity contribution < 1.29 is 4.57 Å². The van der Waals surface area contributed by atoms with Gasteiger partial charge in [0.05, 0.1) is 5.69 Å². The Balaban J connectivity index is 2.04. The van der Waals surface area contributed by atoms with E-state index in [1.165, 1.54) is 50.6 Å². The average Bonchev–Trinajstić information content (AvgIpc) is 3.08. The summed E-state index contributed by atoms with van der Waals surface area (Å²) in [5, 5.41) is 0. The second-order valence-electron chi connectivity index (χ2n) is 8.11. The number of hydrogen-bond acceptors (Lipinski definition) is 1. The molecule has 0 aliphatic rings. The lowest BCUT2D eigenvalue weighted by molar-refractivity contribution is -0.650. The molecule has 0 amide bonds. The Labute approximate surface area is 167 Å². The second kappa shape index (κ2) is 6.33. The van der Waals surface area contributed by atoms with Crippen molar-refractivity contribution in [3.8, 4) is 22.6 Å². The first-order valence-electron chi connectivity index (χ1n) is 9.80. The minimum absolute atomic E-state index is 0.985. The molecule has 4 aromatic rings. The van der Waals surface area contributed by atoms with Gasteiger partial charge in [-0.15, -0.1) is 0 Å². The molecule has 0 aliphatic carbocycles. The molecule has 3 heterocycles. The summed E-state index contributed by atoms with van der Waals surface area (Å²) >= 11 is 0. The van der Waals surface area contributed by atoms with Crippen molar-refractivity contribution >= 4 is 5.78 Å². The van der Waals surface area contributed by atoms with E-state index in [-0.39, 0.29) is 0 Å². The molecule has 4 rings (SSSR count). The second-order valence-corrected chi connectivity index (χ2v) is 8.11. The van der Waals surface area contributed by atoms with Crippen molar-refractivity contribution in [3.63, 3.8) is 0 Å². The zero-order valence-corrected chi connectivity index (χ0v) is 18.2. The van der Waals surface area contributed by atoms with Gasteiger partial charge in [0.25, 0.3) is 0 Å². The van der Waals surface area contributed by atoms with E-state index in [4.69, 9.17) is 4.98 Å². The van der Waals surface area contributed by atoms with Crippen molar-refractivity contribution in [2.45, 2.75) is 41.5 Å². The van der Waals surface area contributed by atoms with E-state index >= 15 is 0 Å². The number of fused-ring (bicyclic) bond motifs is 1. The van der Waals surface area contributed by atoms with Crippen LogP contribution in [-0.2, 0) is 14.1 Å². The number of nitrogens with zero attached hydrogens (tertiary/aromatic N) is 4. The molecule has 0 unspecified atom stereocenters. The quantitative estimate of drug-likeness (QED) is 0.469. The molecule has 4 heteroatoms. The maximum absolute atomic E-state index is 4.76. The third-order valence-electron chi connectivity index (χ3n) is 6.02. The highest BCUT2D eigenvalue weighted by molar-refractivity contribution is 5.69. The number of hydrogen-bond donors (Lipinski definition) is 0. The maximum atomic E-state index is 4.76. The summed E-state index contributed by atoms with van der Waals surface area (Å²) in [6, 6.07) is 9.00. The van der Waals surface area contributed by atoms with Crippen molar-refractivity contribution in [1.82, 2.24) is 14.0 Å². The van der Waals surface area contributed by atoms with Crippen LogP contribution >= 0.6 is 0 Å². The molecule has 0 radical (unpaired) electrons. The Hall–Kier alpha value is -2.88. The van der Waals surface area contributed by atoms with Crippen LogP contribution in [0.5, 0.6) is 0 Å². The molecule has 144 valence electrons. The zero-order chi connectivity index (χ0) is 20.3. The minimum Gasteiger partial charge on any atom is -0.308 e. The Morgan fingerprint density at radius 1 is 0.857 bits per heavy atom. The van der Waals surface area contributed by atoms with E-state index < -0.39 is 0 Å². The van der Waals surface area contributed by atoms with E-state index in [1.54, 1.807) is 0 Å². The highest BCUT2D eigenvalue weighted by Crippen LogP contribution is 2.30. The van der Waals surface area contributed by atoms with Crippen LogP contribution in [-0.4, -0.2) is 14.0 Å². The largest absolute Gasteiger partial charge is 0.308 e. The lowest BCUT2D eigenvalue weighted by atomic mass is 9.97. The van der Waals surface area contributed by atoms with Gasteiger partial charge in [-0.05, 0) is 59.2 Å². The fourth-order valence-corrected chi connectivity index (χ4v) is 4.40. The van der Waals surface area contributed by atoms with E-state index in [0.717, 1.165) is 11.5 Å². The Morgan fingerprint density at radius 3 is 2.21 bits per heavy atom. The van der Waals surface area contributed by atoms with Crippen LogP contribution in [0.2, 0.25) is 0 Å². The van der Waals surface area contributed by atoms with E-state index in [2.05, 4.69) is 99.6 Å². The first-order valence-corrected chi connectivity index (χ1v) is 9.80. The SMILES string of the molecule is Cc1ccc(C)c(-c2c(C)cc(C)c(-c3cn4c(C)c(C)nc4n3C)[n+]2C)c1. The van der Waals surface area contributed by atoms with Gasteiger partial charge in [0.2, 0.25) is 17.2 Å². The highest BCUT2D eigenvalue weighted by atomic mass is 15.2.